The smallest absolute Gasteiger partial charge is 0.264 e. The number of nitrogens with one attached hydrogen (secondary N) is 2. The standard InChI is InChI=1S/C26H22N4O7/c31-21-9-8-19(23(32)29-21)30-25(33)17-5-3-6-18(22(17)26(30)34)27-10-14-11-28-24(37-14)16-4-1-2-7-20(16)36-15-12-35-13-15/h1-7,11,15,19,27H,8-10,12-13H2,(H,29,31,32). The minimum Gasteiger partial charge on any atom is -0.485 e. The van der Waals surface area contributed by atoms with Crippen LogP contribution in [0.1, 0.15) is 39.3 Å². The van der Waals surface area contributed by atoms with E-state index in [1.54, 1.807) is 24.4 Å². The van der Waals surface area contributed by atoms with E-state index in [9.17, 15) is 19.2 Å². The first-order valence-electron chi connectivity index (χ1n) is 11.9. The van der Waals surface area contributed by atoms with E-state index in [1.807, 2.05) is 24.3 Å². The van der Waals surface area contributed by atoms with Gasteiger partial charge in [-0.3, -0.25) is 29.4 Å². The number of aromatic nitrogens is 1. The fourth-order valence-electron chi connectivity index (χ4n) is 4.57. The van der Waals surface area contributed by atoms with Crippen LogP contribution in [0.4, 0.5) is 5.69 Å². The minimum absolute atomic E-state index is 0.00240. The molecule has 2 N–H and O–H groups in total. The fourth-order valence-corrected chi connectivity index (χ4v) is 4.57. The number of rotatable bonds is 7. The molecule has 3 aliphatic rings. The summed E-state index contributed by atoms with van der Waals surface area (Å²) >= 11 is 0. The number of imide groups is 2. The number of hydrogen-bond acceptors (Lipinski definition) is 9. The van der Waals surface area contributed by atoms with Gasteiger partial charge < -0.3 is 19.2 Å². The van der Waals surface area contributed by atoms with Gasteiger partial charge in [0.05, 0.1) is 42.6 Å². The SMILES string of the molecule is O=C1CCC(N2C(=O)c3cccc(NCc4cnc(-c5ccccc5OC5COC5)o4)c3C2=O)C(=O)N1. The van der Waals surface area contributed by atoms with E-state index in [4.69, 9.17) is 13.9 Å². The molecule has 2 aromatic carbocycles. The minimum atomic E-state index is -1.02. The molecule has 11 heteroatoms. The summed E-state index contributed by atoms with van der Waals surface area (Å²) < 4.78 is 17.1. The lowest BCUT2D eigenvalue weighted by atomic mass is 10.0. The molecule has 4 amide bonds. The quantitative estimate of drug-likeness (QED) is 0.465. The highest BCUT2D eigenvalue weighted by Gasteiger charge is 2.45. The Kier molecular flexibility index (Phi) is 5.68. The molecule has 0 bridgehead atoms. The maximum atomic E-state index is 13.3. The van der Waals surface area contributed by atoms with Crippen molar-refractivity contribution in [2.24, 2.45) is 0 Å². The predicted octanol–water partition coefficient (Wildman–Crippen LogP) is 2.13. The molecule has 11 nitrogen and oxygen atoms in total. The van der Waals surface area contributed by atoms with Crippen LogP contribution in [0.25, 0.3) is 11.5 Å². The Bertz CT molecular complexity index is 1430. The molecule has 1 atom stereocenters. The molecule has 0 aliphatic carbocycles. The Morgan fingerprint density at radius 3 is 2.62 bits per heavy atom. The number of hydrogen-bond donors (Lipinski definition) is 2. The molecular weight excluding hydrogens is 480 g/mol. The first-order chi connectivity index (χ1) is 18.0. The van der Waals surface area contributed by atoms with Crippen LogP contribution in [0.3, 0.4) is 0 Å². The van der Waals surface area contributed by atoms with Gasteiger partial charge in [-0.1, -0.05) is 18.2 Å². The van der Waals surface area contributed by atoms with Gasteiger partial charge in [0.15, 0.2) is 0 Å². The van der Waals surface area contributed by atoms with Crippen molar-refractivity contribution in [2.45, 2.75) is 31.5 Å². The number of nitrogens with zero attached hydrogens (tertiary/aromatic N) is 2. The Labute approximate surface area is 210 Å². The van der Waals surface area contributed by atoms with Gasteiger partial charge >= 0.3 is 0 Å². The van der Waals surface area contributed by atoms with E-state index in [2.05, 4.69) is 15.6 Å². The maximum absolute atomic E-state index is 13.3. The Balaban J connectivity index is 1.19. The summed E-state index contributed by atoms with van der Waals surface area (Å²) in [5, 5.41) is 5.35. The molecule has 4 heterocycles. The zero-order valence-electron chi connectivity index (χ0n) is 19.6. The summed E-state index contributed by atoms with van der Waals surface area (Å²) in [6, 6.07) is 11.3. The average molecular weight is 502 g/mol. The monoisotopic (exact) mass is 502 g/mol. The molecule has 3 aromatic rings. The molecular formula is C26H22N4O7. The zero-order valence-corrected chi connectivity index (χ0v) is 19.6. The van der Waals surface area contributed by atoms with Gasteiger partial charge in [-0.05, 0) is 30.7 Å². The van der Waals surface area contributed by atoms with Gasteiger partial charge in [0.1, 0.15) is 23.7 Å². The molecule has 2 saturated heterocycles. The highest BCUT2D eigenvalue weighted by atomic mass is 16.6. The van der Waals surface area contributed by atoms with Crippen molar-refractivity contribution >= 4 is 29.3 Å². The van der Waals surface area contributed by atoms with Crippen LogP contribution < -0.4 is 15.4 Å². The van der Waals surface area contributed by atoms with E-state index < -0.39 is 29.7 Å². The van der Waals surface area contributed by atoms with Crippen molar-refractivity contribution < 1.29 is 33.1 Å². The number of carbonyl (C=O) groups excluding carboxylic acids is 4. The second kappa shape index (κ2) is 9.17. The Morgan fingerprint density at radius 2 is 1.84 bits per heavy atom. The second-order valence-electron chi connectivity index (χ2n) is 8.93. The van der Waals surface area contributed by atoms with Crippen molar-refractivity contribution in [1.82, 2.24) is 15.2 Å². The Hall–Kier alpha value is -4.51. The lowest BCUT2D eigenvalue weighted by molar-refractivity contribution is -0.136. The zero-order chi connectivity index (χ0) is 25.5. The van der Waals surface area contributed by atoms with E-state index >= 15 is 0 Å². The molecule has 0 spiro atoms. The lowest BCUT2D eigenvalue weighted by Gasteiger charge is -2.27. The van der Waals surface area contributed by atoms with Crippen molar-refractivity contribution in [3.05, 3.63) is 65.5 Å². The van der Waals surface area contributed by atoms with E-state index in [0.29, 0.717) is 41.9 Å². The van der Waals surface area contributed by atoms with E-state index in [1.165, 1.54) is 0 Å². The lowest BCUT2D eigenvalue weighted by Crippen LogP contribution is -2.54. The third-order valence-electron chi connectivity index (χ3n) is 6.49. The van der Waals surface area contributed by atoms with Crippen LogP contribution in [0.5, 0.6) is 5.75 Å². The fraction of sp³-hybridized carbons (Fsp3) is 0.269. The number of piperidine rings is 1. The van der Waals surface area contributed by atoms with Crippen molar-refractivity contribution in [3.63, 3.8) is 0 Å². The van der Waals surface area contributed by atoms with E-state index in [0.717, 1.165) is 4.90 Å². The number of carbonyl (C=O) groups is 4. The summed E-state index contributed by atoms with van der Waals surface area (Å²) in [5.74, 6) is -0.665. The second-order valence-corrected chi connectivity index (χ2v) is 8.93. The molecule has 3 aliphatic heterocycles. The normalized spacial score (nSPS) is 19.5. The predicted molar refractivity (Wildman–Crippen MR) is 128 cm³/mol. The molecule has 1 unspecified atom stereocenters. The van der Waals surface area contributed by atoms with Crippen LogP contribution >= 0.6 is 0 Å². The molecule has 1 aromatic heterocycles. The van der Waals surface area contributed by atoms with Crippen LogP contribution in [-0.4, -0.2) is 58.9 Å². The average Bonchev–Trinajstić information content (AvgIpc) is 3.44. The van der Waals surface area contributed by atoms with Gasteiger partial charge in [0.25, 0.3) is 11.8 Å². The number of benzene rings is 2. The van der Waals surface area contributed by atoms with E-state index in [-0.39, 0.29) is 36.6 Å². The number of amides is 4. The summed E-state index contributed by atoms with van der Waals surface area (Å²) in [4.78, 5) is 55.4. The van der Waals surface area contributed by atoms with Crippen molar-refractivity contribution in [2.75, 3.05) is 18.5 Å². The van der Waals surface area contributed by atoms with Crippen LogP contribution in [0.2, 0.25) is 0 Å². The highest BCUT2D eigenvalue weighted by Crippen LogP contribution is 2.34. The molecule has 6 rings (SSSR count). The summed E-state index contributed by atoms with van der Waals surface area (Å²) in [6.45, 7) is 1.28. The molecule has 2 fully saturated rings. The number of para-hydroxylation sites is 1. The topological polar surface area (TPSA) is 140 Å². The summed E-state index contributed by atoms with van der Waals surface area (Å²) in [5.41, 5.74) is 1.52. The highest BCUT2D eigenvalue weighted by molar-refractivity contribution is 6.25. The molecule has 0 saturated carbocycles. The van der Waals surface area contributed by atoms with Gasteiger partial charge in [0, 0.05) is 12.1 Å². The third kappa shape index (κ3) is 4.12. The first-order valence-corrected chi connectivity index (χ1v) is 11.9. The van der Waals surface area contributed by atoms with Crippen LogP contribution in [-0.2, 0) is 20.9 Å². The number of ether oxygens (including phenoxy) is 2. The van der Waals surface area contributed by atoms with Gasteiger partial charge in [-0.2, -0.15) is 0 Å². The van der Waals surface area contributed by atoms with Crippen molar-refractivity contribution in [1.29, 1.82) is 0 Å². The number of oxazole rings is 1. The summed E-state index contributed by atoms with van der Waals surface area (Å²) in [6.07, 6.45) is 1.74. The third-order valence-corrected chi connectivity index (χ3v) is 6.49. The number of fused-ring (bicyclic) bond motifs is 1. The molecule has 188 valence electrons. The maximum Gasteiger partial charge on any atom is 0.264 e. The Morgan fingerprint density at radius 1 is 1.03 bits per heavy atom. The summed E-state index contributed by atoms with van der Waals surface area (Å²) in [7, 11) is 0. The van der Waals surface area contributed by atoms with Crippen molar-refractivity contribution in [3.8, 4) is 17.2 Å². The molecule has 37 heavy (non-hydrogen) atoms. The van der Waals surface area contributed by atoms with Crippen LogP contribution in [0, 0.1) is 0 Å². The number of anilines is 1. The largest absolute Gasteiger partial charge is 0.485 e. The van der Waals surface area contributed by atoms with Gasteiger partial charge in [-0.15, -0.1) is 0 Å². The van der Waals surface area contributed by atoms with Gasteiger partial charge in [-0.25, -0.2) is 4.98 Å². The van der Waals surface area contributed by atoms with Gasteiger partial charge in [0.2, 0.25) is 17.7 Å². The molecule has 0 radical (unpaired) electrons. The van der Waals surface area contributed by atoms with Crippen LogP contribution in [0.15, 0.2) is 53.1 Å². The first kappa shape index (κ1) is 22.9.